The maximum absolute atomic E-state index is 13.4. The minimum absolute atomic E-state index is 0.0637. The Bertz CT molecular complexity index is 1380. The molecule has 1 aromatic carbocycles. The van der Waals surface area contributed by atoms with Gasteiger partial charge >= 0.3 is 12.1 Å². The van der Waals surface area contributed by atoms with Crippen LogP contribution < -0.4 is 4.74 Å². The number of aromatic nitrogens is 3. The molecule has 3 aromatic rings. The lowest BCUT2D eigenvalue weighted by molar-refractivity contribution is -0.152. The van der Waals surface area contributed by atoms with Crippen molar-refractivity contribution >= 4 is 12.1 Å². The number of likely N-dealkylation sites (tertiary alicyclic amines) is 1. The van der Waals surface area contributed by atoms with Crippen molar-refractivity contribution in [1.82, 2.24) is 19.7 Å². The number of rotatable bonds is 8. The third-order valence-electron chi connectivity index (χ3n) is 7.92. The number of amides is 1. The van der Waals surface area contributed by atoms with Crippen LogP contribution in [0.1, 0.15) is 77.2 Å². The van der Waals surface area contributed by atoms with Crippen molar-refractivity contribution in [3.8, 4) is 17.1 Å². The van der Waals surface area contributed by atoms with E-state index >= 15 is 0 Å². The molecule has 1 unspecified atom stereocenters. The average Bonchev–Trinajstić information content (AvgIpc) is 3.50. The molecule has 2 saturated heterocycles. The van der Waals surface area contributed by atoms with Crippen molar-refractivity contribution < 1.29 is 28.5 Å². The van der Waals surface area contributed by atoms with Gasteiger partial charge in [-0.05, 0) is 89.1 Å². The average molecular weight is 591 g/mol. The van der Waals surface area contributed by atoms with Gasteiger partial charge in [0.15, 0.2) is 6.23 Å². The molecule has 0 saturated carbocycles. The molecule has 0 bridgehead atoms. The number of nitrogens with zero attached hydrogens (tertiary/aromatic N) is 4. The van der Waals surface area contributed by atoms with Gasteiger partial charge in [0.25, 0.3) is 0 Å². The van der Waals surface area contributed by atoms with Gasteiger partial charge in [0.2, 0.25) is 0 Å². The van der Waals surface area contributed by atoms with Crippen molar-refractivity contribution in [2.24, 2.45) is 0 Å². The molecular formula is C33H42N4O6. The first-order chi connectivity index (χ1) is 20.7. The van der Waals surface area contributed by atoms with E-state index in [1.165, 1.54) is 0 Å². The zero-order valence-corrected chi connectivity index (χ0v) is 25.6. The van der Waals surface area contributed by atoms with Crippen molar-refractivity contribution in [1.29, 1.82) is 0 Å². The molecule has 1 atom stereocenters. The zero-order valence-electron chi connectivity index (χ0n) is 25.6. The van der Waals surface area contributed by atoms with Crippen LogP contribution in [0.15, 0.2) is 54.9 Å². The Labute approximate surface area is 253 Å². The molecule has 4 heterocycles. The van der Waals surface area contributed by atoms with Crippen LogP contribution in [0, 0.1) is 0 Å². The van der Waals surface area contributed by atoms with Crippen molar-refractivity contribution in [2.75, 3.05) is 26.3 Å². The quantitative estimate of drug-likeness (QED) is 0.292. The molecule has 0 spiro atoms. The third-order valence-corrected chi connectivity index (χ3v) is 7.92. The Hall–Kier alpha value is -3.92. The molecule has 2 aliphatic heterocycles. The normalized spacial score (nSPS) is 18.6. The smallest absolute Gasteiger partial charge is 0.410 e. The predicted molar refractivity (Wildman–Crippen MR) is 160 cm³/mol. The van der Waals surface area contributed by atoms with Gasteiger partial charge in [0, 0.05) is 25.9 Å². The molecule has 10 heteroatoms. The number of benzene rings is 1. The molecule has 2 fully saturated rings. The first kappa shape index (κ1) is 30.5. The van der Waals surface area contributed by atoms with Crippen LogP contribution in [-0.4, -0.2) is 63.6 Å². The summed E-state index contributed by atoms with van der Waals surface area (Å²) in [6.45, 7) is 9.50. The van der Waals surface area contributed by atoms with E-state index in [1.807, 2.05) is 74.8 Å². The lowest BCUT2D eigenvalue weighted by Gasteiger charge is -2.40. The summed E-state index contributed by atoms with van der Waals surface area (Å²) in [5.41, 5.74) is 2.07. The van der Waals surface area contributed by atoms with Crippen molar-refractivity contribution in [2.45, 2.75) is 83.6 Å². The van der Waals surface area contributed by atoms with E-state index in [4.69, 9.17) is 18.9 Å². The van der Waals surface area contributed by atoms with E-state index in [0.717, 1.165) is 48.4 Å². The van der Waals surface area contributed by atoms with Gasteiger partial charge in [-0.2, -0.15) is 5.10 Å². The van der Waals surface area contributed by atoms with Crippen molar-refractivity contribution in [3.63, 3.8) is 0 Å². The van der Waals surface area contributed by atoms with Crippen LogP contribution in [0.5, 0.6) is 5.75 Å². The Morgan fingerprint density at radius 2 is 1.91 bits per heavy atom. The summed E-state index contributed by atoms with van der Waals surface area (Å²) in [5.74, 6) is 0.370. The Kier molecular flexibility index (Phi) is 9.34. The van der Waals surface area contributed by atoms with E-state index in [2.05, 4.69) is 10.1 Å². The molecule has 230 valence electrons. The Morgan fingerprint density at radius 1 is 1.09 bits per heavy atom. The van der Waals surface area contributed by atoms with Crippen LogP contribution in [0.3, 0.4) is 0 Å². The summed E-state index contributed by atoms with van der Waals surface area (Å²) < 4.78 is 25.0. The molecule has 0 N–H and O–H groups in total. The maximum atomic E-state index is 13.4. The highest BCUT2D eigenvalue weighted by Crippen LogP contribution is 2.38. The molecule has 0 aliphatic carbocycles. The summed E-state index contributed by atoms with van der Waals surface area (Å²) >= 11 is 0. The van der Waals surface area contributed by atoms with Crippen LogP contribution in [-0.2, 0) is 31.0 Å². The Balaban J connectivity index is 1.26. The van der Waals surface area contributed by atoms with Gasteiger partial charge in [-0.3, -0.25) is 9.78 Å². The van der Waals surface area contributed by atoms with Crippen molar-refractivity contribution in [3.05, 3.63) is 66.0 Å². The van der Waals surface area contributed by atoms with E-state index in [-0.39, 0.29) is 24.9 Å². The lowest BCUT2D eigenvalue weighted by Crippen LogP contribution is -2.50. The number of hydrogen-bond donors (Lipinski definition) is 0. The molecule has 2 aliphatic rings. The highest BCUT2D eigenvalue weighted by Gasteiger charge is 2.45. The highest BCUT2D eigenvalue weighted by molar-refractivity contribution is 5.84. The number of carbonyl (C=O) groups excluding carboxylic acids is 2. The second-order valence-electron chi connectivity index (χ2n) is 12.1. The minimum Gasteiger partial charge on any atom is -0.487 e. The first-order valence-corrected chi connectivity index (χ1v) is 15.2. The molecular weight excluding hydrogens is 548 g/mol. The fraction of sp³-hybridized carbons (Fsp3) is 0.515. The van der Waals surface area contributed by atoms with Gasteiger partial charge < -0.3 is 23.8 Å². The van der Waals surface area contributed by atoms with Gasteiger partial charge in [-0.15, -0.1) is 0 Å². The van der Waals surface area contributed by atoms with Gasteiger partial charge in [-0.25, -0.2) is 9.48 Å². The number of carbonyl (C=O) groups is 2. The summed E-state index contributed by atoms with van der Waals surface area (Å²) in [6.07, 6.45) is 7.10. The van der Waals surface area contributed by atoms with E-state index in [1.54, 1.807) is 17.3 Å². The van der Waals surface area contributed by atoms with Crippen LogP contribution >= 0.6 is 0 Å². The summed E-state index contributed by atoms with van der Waals surface area (Å²) in [4.78, 5) is 32.3. The molecule has 5 rings (SSSR count). The van der Waals surface area contributed by atoms with Crippen LogP contribution in [0.4, 0.5) is 4.79 Å². The number of hydrogen-bond acceptors (Lipinski definition) is 8. The van der Waals surface area contributed by atoms with Crippen LogP contribution in [0.25, 0.3) is 11.4 Å². The Morgan fingerprint density at radius 3 is 2.58 bits per heavy atom. The summed E-state index contributed by atoms with van der Waals surface area (Å²) in [7, 11) is 0. The minimum atomic E-state index is -0.848. The van der Waals surface area contributed by atoms with E-state index in [0.29, 0.717) is 38.3 Å². The third kappa shape index (κ3) is 7.18. The van der Waals surface area contributed by atoms with E-state index < -0.39 is 11.0 Å². The molecule has 0 radical (unpaired) electrons. The summed E-state index contributed by atoms with van der Waals surface area (Å²) in [5, 5.41) is 4.48. The molecule has 1 amide bonds. The second-order valence-corrected chi connectivity index (χ2v) is 12.1. The van der Waals surface area contributed by atoms with Gasteiger partial charge in [0.05, 0.1) is 29.6 Å². The molecule has 2 aromatic heterocycles. The molecule has 10 nitrogen and oxygen atoms in total. The standard InChI is InChI=1S/C33H42N4O6/c1-5-40-30(38)33(15-18-36(19-16-33)31(39)43-32(2,3)4)25-10-8-9-24(21-25)23-42-26-12-13-27(34-22-26)28-14-17-35-37(28)29-11-6-7-20-41-29/h8-10,12-14,17,21-22,29H,5-7,11,15-16,18-20,23H2,1-4H3. The SMILES string of the molecule is CCOC(=O)C1(c2cccc(COc3ccc(-c4ccnn4C4CCCCO4)nc3)c2)CCN(C(=O)OC(C)(C)C)CC1. The van der Waals surface area contributed by atoms with Crippen LogP contribution in [0.2, 0.25) is 0 Å². The number of ether oxygens (including phenoxy) is 4. The maximum Gasteiger partial charge on any atom is 0.410 e. The molecule has 43 heavy (non-hydrogen) atoms. The number of esters is 1. The summed E-state index contributed by atoms with van der Waals surface area (Å²) in [6, 6.07) is 13.6. The fourth-order valence-corrected chi connectivity index (χ4v) is 5.68. The first-order valence-electron chi connectivity index (χ1n) is 15.2. The zero-order chi connectivity index (χ0) is 30.5. The predicted octanol–water partition coefficient (Wildman–Crippen LogP) is 6.06. The second kappa shape index (κ2) is 13.2. The van der Waals surface area contributed by atoms with Gasteiger partial charge in [-0.1, -0.05) is 24.3 Å². The monoisotopic (exact) mass is 590 g/mol. The highest BCUT2D eigenvalue weighted by atomic mass is 16.6. The lowest BCUT2D eigenvalue weighted by atomic mass is 9.72. The van der Waals surface area contributed by atoms with Gasteiger partial charge in [0.1, 0.15) is 18.0 Å². The fourth-order valence-electron chi connectivity index (χ4n) is 5.68. The number of pyridine rings is 1. The topological polar surface area (TPSA) is 105 Å². The number of piperidine rings is 1. The largest absolute Gasteiger partial charge is 0.487 e. The van der Waals surface area contributed by atoms with E-state index in [9.17, 15) is 9.59 Å².